The summed E-state index contributed by atoms with van der Waals surface area (Å²) in [6.07, 6.45) is 1.11. The summed E-state index contributed by atoms with van der Waals surface area (Å²) in [5, 5.41) is 2.71. The largest absolute Gasteiger partial charge is 0.457 e. The summed E-state index contributed by atoms with van der Waals surface area (Å²) in [6.45, 7) is 3.90. The number of nitrogens with zero attached hydrogens (tertiary/aromatic N) is 1. The monoisotopic (exact) mass is 376 g/mol. The minimum absolute atomic E-state index is 0.131. The minimum atomic E-state index is -3.44. The second-order valence-corrected chi connectivity index (χ2v) is 8.42. The Morgan fingerprint density at radius 2 is 1.62 bits per heavy atom. The first-order valence-electron chi connectivity index (χ1n) is 8.32. The molecule has 0 saturated carbocycles. The van der Waals surface area contributed by atoms with E-state index in [1.807, 2.05) is 44.2 Å². The van der Waals surface area contributed by atoms with Gasteiger partial charge in [0.05, 0.1) is 12.8 Å². The third-order valence-corrected chi connectivity index (χ3v) is 4.69. The van der Waals surface area contributed by atoms with Gasteiger partial charge >= 0.3 is 0 Å². The van der Waals surface area contributed by atoms with E-state index in [0.717, 1.165) is 12.0 Å². The number of hydrogen-bond donors (Lipinski definition) is 1. The van der Waals surface area contributed by atoms with Gasteiger partial charge in [-0.25, -0.2) is 8.42 Å². The van der Waals surface area contributed by atoms with Crippen molar-refractivity contribution in [3.05, 3.63) is 54.6 Å². The van der Waals surface area contributed by atoms with Crippen molar-refractivity contribution in [2.75, 3.05) is 24.7 Å². The van der Waals surface area contributed by atoms with Crippen LogP contribution in [-0.2, 0) is 14.8 Å². The van der Waals surface area contributed by atoms with Crippen LogP contribution in [0.3, 0.4) is 0 Å². The van der Waals surface area contributed by atoms with E-state index >= 15 is 0 Å². The zero-order valence-electron chi connectivity index (χ0n) is 15.2. The van der Waals surface area contributed by atoms with Gasteiger partial charge in [-0.2, -0.15) is 4.31 Å². The average Bonchev–Trinajstić information content (AvgIpc) is 2.56. The Balaban J connectivity index is 1.96. The molecule has 0 atom stereocenters. The maximum atomic E-state index is 12.2. The van der Waals surface area contributed by atoms with Crippen molar-refractivity contribution in [2.45, 2.75) is 13.8 Å². The van der Waals surface area contributed by atoms with Gasteiger partial charge in [-0.15, -0.1) is 0 Å². The third kappa shape index (κ3) is 6.50. The molecule has 140 valence electrons. The number of amides is 1. The maximum Gasteiger partial charge on any atom is 0.239 e. The van der Waals surface area contributed by atoms with Crippen LogP contribution in [0.5, 0.6) is 11.5 Å². The molecule has 7 heteroatoms. The summed E-state index contributed by atoms with van der Waals surface area (Å²) in [5.74, 6) is 1.12. The molecule has 0 aliphatic carbocycles. The van der Waals surface area contributed by atoms with E-state index in [2.05, 4.69) is 5.32 Å². The molecule has 0 spiro atoms. The molecule has 26 heavy (non-hydrogen) atoms. The summed E-state index contributed by atoms with van der Waals surface area (Å²) < 4.78 is 30.5. The van der Waals surface area contributed by atoms with Crippen LogP contribution < -0.4 is 10.1 Å². The van der Waals surface area contributed by atoms with E-state index in [-0.39, 0.29) is 18.4 Å². The number of ether oxygens (including phenoxy) is 1. The average molecular weight is 376 g/mol. The summed E-state index contributed by atoms with van der Waals surface area (Å²) in [4.78, 5) is 12.2. The van der Waals surface area contributed by atoms with Crippen molar-refractivity contribution in [2.24, 2.45) is 5.92 Å². The number of sulfonamides is 1. The molecule has 0 saturated heterocycles. The van der Waals surface area contributed by atoms with Gasteiger partial charge in [-0.1, -0.05) is 32.0 Å². The van der Waals surface area contributed by atoms with Gasteiger partial charge in [-0.05, 0) is 42.3 Å². The van der Waals surface area contributed by atoms with Crippen LogP contribution >= 0.6 is 0 Å². The lowest BCUT2D eigenvalue weighted by molar-refractivity contribution is -0.116. The molecule has 0 aliphatic heterocycles. The summed E-state index contributed by atoms with van der Waals surface area (Å²) in [6, 6.07) is 16.3. The normalized spacial score (nSPS) is 11.6. The number of anilines is 1. The molecule has 1 amide bonds. The standard InChI is InChI=1S/C19H24N2O4S/c1-15(2)13-21(26(3,23)24)14-19(22)20-16-9-11-18(12-10-16)25-17-7-5-4-6-8-17/h4-12,15H,13-14H2,1-3H3,(H,20,22). The van der Waals surface area contributed by atoms with E-state index in [0.29, 0.717) is 18.0 Å². The van der Waals surface area contributed by atoms with Crippen molar-refractivity contribution >= 4 is 21.6 Å². The molecule has 1 N–H and O–H groups in total. The first-order valence-corrected chi connectivity index (χ1v) is 10.2. The molecule has 2 aromatic rings. The number of nitrogens with one attached hydrogen (secondary N) is 1. The zero-order chi connectivity index (χ0) is 19.2. The lowest BCUT2D eigenvalue weighted by atomic mass is 10.2. The first-order chi connectivity index (χ1) is 12.2. The van der Waals surface area contributed by atoms with Crippen LogP contribution in [0.25, 0.3) is 0 Å². The number of carbonyl (C=O) groups excluding carboxylic acids is 1. The van der Waals surface area contributed by atoms with E-state index in [1.54, 1.807) is 24.3 Å². The van der Waals surface area contributed by atoms with E-state index < -0.39 is 10.0 Å². The van der Waals surface area contributed by atoms with Crippen LogP contribution in [0, 0.1) is 5.92 Å². The van der Waals surface area contributed by atoms with Crippen LogP contribution in [0.15, 0.2) is 54.6 Å². The predicted octanol–water partition coefficient (Wildman–Crippen LogP) is 3.34. The van der Waals surface area contributed by atoms with Gasteiger partial charge < -0.3 is 10.1 Å². The van der Waals surface area contributed by atoms with Gasteiger partial charge in [0.15, 0.2) is 0 Å². The van der Waals surface area contributed by atoms with Crippen molar-refractivity contribution in [1.82, 2.24) is 4.31 Å². The van der Waals surface area contributed by atoms with Crippen molar-refractivity contribution < 1.29 is 17.9 Å². The van der Waals surface area contributed by atoms with Crippen LogP contribution in [0.1, 0.15) is 13.8 Å². The Hall–Kier alpha value is -2.38. The number of rotatable bonds is 8. The van der Waals surface area contributed by atoms with Crippen molar-refractivity contribution in [3.8, 4) is 11.5 Å². The highest BCUT2D eigenvalue weighted by molar-refractivity contribution is 7.88. The lowest BCUT2D eigenvalue weighted by Crippen LogP contribution is -2.39. The molecule has 2 rings (SSSR count). The van der Waals surface area contributed by atoms with Crippen molar-refractivity contribution in [1.29, 1.82) is 0 Å². The fourth-order valence-corrected chi connectivity index (χ4v) is 3.24. The quantitative estimate of drug-likeness (QED) is 0.767. The van der Waals surface area contributed by atoms with Gasteiger partial charge in [0, 0.05) is 12.2 Å². The highest BCUT2D eigenvalue weighted by atomic mass is 32.2. The molecule has 0 fully saturated rings. The van der Waals surface area contributed by atoms with Crippen LogP contribution in [0.4, 0.5) is 5.69 Å². The summed E-state index contributed by atoms with van der Waals surface area (Å²) in [7, 11) is -3.44. The molecule has 6 nitrogen and oxygen atoms in total. The maximum absolute atomic E-state index is 12.2. The Kier molecular flexibility index (Phi) is 6.76. The molecular formula is C19H24N2O4S. The molecule has 0 radical (unpaired) electrons. The summed E-state index contributed by atoms with van der Waals surface area (Å²) >= 11 is 0. The minimum Gasteiger partial charge on any atom is -0.457 e. The summed E-state index contributed by atoms with van der Waals surface area (Å²) in [5.41, 5.74) is 0.577. The van der Waals surface area contributed by atoms with Crippen LogP contribution in [-0.4, -0.2) is 38.0 Å². The number of benzene rings is 2. The number of hydrogen-bond acceptors (Lipinski definition) is 4. The van der Waals surface area contributed by atoms with E-state index in [9.17, 15) is 13.2 Å². The molecule has 0 bridgehead atoms. The van der Waals surface area contributed by atoms with Gasteiger partial charge in [0.2, 0.25) is 15.9 Å². The van der Waals surface area contributed by atoms with Crippen LogP contribution in [0.2, 0.25) is 0 Å². The number of para-hydroxylation sites is 1. The highest BCUT2D eigenvalue weighted by Crippen LogP contribution is 2.22. The van der Waals surface area contributed by atoms with E-state index in [1.165, 1.54) is 4.31 Å². The second-order valence-electron chi connectivity index (χ2n) is 6.44. The van der Waals surface area contributed by atoms with E-state index in [4.69, 9.17) is 4.74 Å². The Labute approximate surface area is 154 Å². The van der Waals surface area contributed by atoms with Gasteiger partial charge in [0.25, 0.3) is 0 Å². The zero-order valence-corrected chi connectivity index (χ0v) is 16.0. The molecular weight excluding hydrogens is 352 g/mol. The SMILES string of the molecule is CC(C)CN(CC(=O)Nc1ccc(Oc2ccccc2)cc1)S(C)(=O)=O. The predicted molar refractivity (Wildman–Crippen MR) is 103 cm³/mol. The van der Waals surface area contributed by atoms with Gasteiger partial charge in [-0.3, -0.25) is 4.79 Å². The topological polar surface area (TPSA) is 75.7 Å². The Morgan fingerprint density at radius 1 is 1.04 bits per heavy atom. The molecule has 0 aromatic heterocycles. The van der Waals surface area contributed by atoms with Gasteiger partial charge in [0.1, 0.15) is 11.5 Å². The Morgan fingerprint density at radius 3 is 2.15 bits per heavy atom. The second kappa shape index (κ2) is 8.82. The third-order valence-electron chi connectivity index (χ3n) is 3.47. The van der Waals surface area contributed by atoms with Crippen molar-refractivity contribution in [3.63, 3.8) is 0 Å². The Bertz CT molecular complexity index is 818. The molecule has 0 unspecified atom stereocenters. The molecule has 0 heterocycles. The lowest BCUT2D eigenvalue weighted by Gasteiger charge is -2.21. The number of carbonyl (C=O) groups is 1. The molecule has 2 aromatic carbocycles. The fourth-order valence-electron chi connectivity index (χ4n) is 2.32. The fraction of sp³-hybridized carbons (Fsp3) is 0.316. The highest BCUT2D eigenvalue weighted by Gasteiger charge is 2.21. The first kappa shape index (κ1) is 19.9. The smallest absolute Gasteiger partial charge is 0.239 e. The molecule has 0 aliphatic rings.